The lowest BCUT2D eigenvalue weighted by Gasteiger charge is -2.35. The molecular weight excluding hydrogens is 410 g/mol. The van der Waals surface area contributed by atoms with Crippen LogP contribution in [0.2, 0.25) is 0 Å². The van der Waals surface area contributed by atoms with E-state index in [0.29, 0.717) is 51.3 Å². The molecule has 4 amide bonds. The molecule has 3 aliphatic rings. The van der Waals surface area contributed by atoms with Crippen molar-refractivity contribution < 1.29 is 19.2 Å². The van der Waals surface area contributed by atoms with Crippen LogP contribution in [-0.2, 0) is 14.4 Å². The number of nitrogens with zero attached hydrogens (tertiary/aromatic N) is 4. The van der Waals surface area contributed by atoms with E-state index in [2.05, 4.69) is 10.2 Å². The second-order valence-electron chi connectivity index (χ2n) is 8.62. The van der Waals surface area contributed by atoms with Crippen molar-refractivity contribution in [1.82, 2.24) is 20.0 Å². The van der Waals surface area contributed by atoms with E-state index in [-0.39, 0.29) is 30.2 Å². The molecule has 0 bridgehead atoms. The summed E-state index contributed by atoms with van der Waals surface area (Å²) in [6.45, 7) is 5.22. The second kappa shape index (κ2) is 10.1. The van der Waals surface area contributed by atoms with Gasteiger partial charge in [0.15, 0.2) is 0 Å². The number of hydrogen-bond acceptors (Lipinski definition) is 5. The topological polar surface area (TPSA) is 93.3 Å². The van der Waals surface area contributed by atoms with Crippen molar-refractivity contribution in [3.63, 3.8) is 0 Å². The zero-order valence-corrected chi connectivity index (χ0v) is 18.4. The van der Waals surface area contributed by atoms with Crippen LogP contribution in [-0.4, -0.2) is 97.2 Å². The fourth-order valence-corrected chi connectivity index (χ4v) is 4.50. The van der Waals surface area contributed by atoms with E-state index in [4.69, 9.17) is 0 Å². The molecule has 3 saturated heterocycles. The van der Waals surface area contributed by atoms with E-state index < -0.39 is 0 Å². The molecule has 0 aliphatic carbocycles. The molecule has 1 aromatic rings. The number of carbonyl (C=O) groups excluding carboxylic acids is 4. The lowest BCUT2D eigenvalue weighted by molar-refractivity contribution is -0.134. The Kier molecular flexibility index (Phi) is 7.04. The van der Waals surface area contributed by atoms with Gasteiger partial charge in [-0.15, -0.1) is 0 Å². The summed E-state index contributed by atoms with van der Waals surface area (Å²) in [6, 6.07) is 6.89. The average molecular weight is 442 g/mol. The van der Waals surface area contributed by atoms with Crippen LogP contribution in [0, 0.1) is 0 Å². The normalized spacial score (nSPS) is 19.5. The van der Waals surface area contributed by atoms with Crippen molar-refractivity contribution in [2.24, 2.45) is 0 Å². The lowest BCUT2D eigenvalue weighted by atomic mass is 10.2. The highest BCUT2D eigenvalue weighted by atomic mass is 16.2. The molecule has 9 heteroatoms. The van der Waals surface area contributed by atoms with Gasteiger partial charge in [-0.1, -0.05) is 0 Å². The summed E-state index contributed by atoms with van der Waals surface area (Å²) in [5.74, 6) is -0.154. The summed E-state index contributed by atoms with van der Waals surface area (Å²) in [5, 5.41) is 2.69. The second-order valence-corrected chi connectivity index (χ2v) is 8.62. The molecule has 3 fully saturated rings. The molecule has 0 radical (unpaired) electrons. The molecule has 3 heterocycles. The molecule has 32 heavy (non-hydrogen) atoms. The maximum atomic E-state index is 12.5. The van der Waals surface area contributed by atoms with Gasteiger partial charge in [-0.25, -0.2) is 0 Å². The quantitative estimate of drug-likeness (QED) is 0.686. The van der Waals surface area contributed by atoms with Gasteiger partial charge in [-0.2, -0.15) is 0 Å². The van der Waals surface area contributed by atoms with Crippen LogP contribution in [0.3, 0.4) is 0 Å². The molecule has 0 spiro atoms. The van der Waals surface area contributed by atoms with Gasteiger partial charge in [0.1, 0.15) is 0 Å². The first kappa shape index (κ1) is 22.3. The number of anilines is 1. The highest BCUT2D eigenvalue weighted by Crippen LogP contribution is 2.21. The fourth-order valence-electron chi connectivity index (χ4n) is 4.50. The van der Waals surface area contributed by atoms with Crippen molar-refractivity contribution in [1.29, 1.82) is 0 Å². The van der Waals surface area contributed by atoms with Crippen LogP contribution in [0.5, 0.6) is 0 Å². The first-order valence-electron chi connectivity index (χ1n) is 11.5. The van der Waals surface area contributed by atoms with Gasteiger partial charge in [0.05, 0.1) is 13.1 Å². The van der Waals surface area contributed by atoms with Gasteiger partial charge < -0.3 is 20.0 Å². The third-order valence-electron chi connectivity index (χ3n) is 6.46. The molecule has 1 N–H and O–H groups in total. The molecule has 0 atom stereocenters. The van der Waals surface area contributed by atoms with Gasteiger partial charge in [-0.3, -0.25) is 24.1 Å². The minimum atomic E-state index is -0.313. The number of likely N-dealkylation sites (tertiary alicyclic amines) is 1. The highest BCUT2D eigenvalue weighted by Gasteiger charge is 2.26. The summed E-state index contributed by atoms with van der Waals surface area (Å²) in [6.07, 6.45) is 3.59. The Hall–Kier alpha value is -2.94. The van der Waals surface area contributed by atoms with Crippen LogP contribution in [0.25, 0.3) is 0 Å². The molecule has 0 unspecified atom stereocenters. The Balaban J connectivity index is 1.19. The predicted molar refractivity (Wildman–Crippen MR) is 119 cm³/mol. The smallest absolute Gasteiger partial charge is 0.251 e. The molecule has 172 valence electrons. The molecule has 0 aromatic heterocycles. The number of carbonyl (C=O) groups is 4. The van der Waals surface area contributed by atoms with Crippen LogP contribution >= 0.6 is 0 Å². The van der Waals surface area contributed by atoms with Crippen molar-refractivity contribution >= 4 is 29.3 Å². The van der Waals surface area contributed by atoms with E-state index in [1.54, 1.807) is 34.1 Å². The third-order valence-corrected chi connectivity index (χ3v) is 6.46. The molecule has 4 rings (SSSR count). The Morgan fingerprint density at radius 1 is 0.781 bits per heavy atom. The minimum absolute atomic E-state index is 0.0576. The van der Waals surface area contributed by atoms with Crippen molar-refractivity contribution in [2.75, 3.05) is 63.8 Å². The zero-order chi connectivity index (χ0) is 22.5. The Morgan fingerprint density at radius 3 is 2.06 bits per heavy atom. The van der Waals surface area contributed by atoms with E-state index in [1.165, 1.54) is 0 Å². The molecule has 1 aromatic carbocycles. The maximum absolute atomic E-state index is 12.5. The fraction of sp³-hybridized carbons (Fsp3) is 0.565. The number of benzene rings is 1. The van der Waals surface area contributed by atoms with E-state index in [1.807, 2.05) is 4.90 Å². The minimum Gasteiger partial charge on any atom is -0.343 e. The van der Waals surface area contributed by atoms with Crippen LogP contribution < -0.4 is 10.2 Å². The number of nitrogens with one attached hydrogen (secondary N) is 1. The summed E-state index contributed by atoms with van der Waals surface area (Å²) in [7, 11) is 0. The van der Waals surface area contributed by atoms with Crippen LogP contribution in [0.15, 0.2) is 24.3 Å². The van der Waals surface area contributed by atoms with Crippen molar-refractivity contribution in [3.05, 3.63) is 29.8 Å². The largest absolute Gasteiger partial charge is 0.343 e. The van der Waals surface area contributed by atoms with Crippen LogP contribution in [0.4, 0.5) is 5.69 Å². The maximum Gasteiger partial charge on any atom is 0.251 e. The van der Waals surface area contributed by atoms with Gasteiger partial charge >= 0.3 is 0 Å². The van der Waals surface area contributed by atoms with Gasteiger partial charge in [0, 0.05) is 63.5 Å². The van der Waals surface area contributed by atoms with E-state index >= 15 is 0 Å². The molecule has 9 nitrogen and oxygen atoms in total. The predicted octanol–water partition coefficient (Wildman–Crippen LogP) is 0.310. The Bertz CT molecular complexity index is 858. The standard InChI is InChI=1S/C23H31N5O4/c29-20-4-3-11-28(20)19-7-5-18(6-8-19)23(32)24-16-21(30)27-14-12-25(13-15-27)17-22(31)26-9-1-2-10-26/h5-8H,1-4,9-17H2,(H,24,32). The third kappa shape index (κ3) is 5.27. The average Bonchev–Trinajstić information content (AvgIpc) is 3.50. The number of hydrogen-bond donors (Lipinski definition) is 1. The van der Waals surface area contributed by atoms with Gasteiger partial charge in [-0.05, 0) is 43.5 Å². The van der Waals surface area contributed by atoms with E-state index in [9.17, 15) is 19.2 Å². The number of piperazine rings is 1. The molecular formula is C23H31N5O4. The summed E-state index contributed by atoms with van der Waals surface area (Å²) in [4.78, 5) is 56.5. The number of rotatable bonds is 6. The van der Waals surface area contributed by atoms with Crippen molar-refractivity contribution in [2.45, 2.75) is 25.7 Å². The Labute approximate surface area is 188 Å². The summed E-state index contributed by atoms with van der Waals surface area (Å²) >= 11 is 0. The Morgan fingerprint density at radius 2 is 1.44 bits per heavy atom. The summed E-state index contributed by atoms with van der Waals surface area (Å²) in [5.41, 5.74) is 1.25. The number of amides is 4. The molecule has 3 aliphatic heterocycles. The van der Waals surface area contributed by atoms with Crippen molar-refractivity contribution in [3.8, 4) is 0 Å². The SMILES string of the molecule is O=C(NCC(=O)N1CCN(CC(=O)N2CCCC2)CC1)c1ccc(N2CCCC2=O)cc1. The summed E-state index contributed by atoms with van der Waals surface area (Å²) < 4.78 is 0. The van der Waals surface area contributed by atoms with Gasteiger partial charge in [0.25, 0.3) is 5.91 Å². The molecule has 0 saturated carbocycles. The first-order chi connectivity index (χ1) is 15.5. The first-order valence-corrected chi connectivity index (χ1v) is 11.5. The van der Waals surface area contributed by atoms with Crippen LogP contribution in [0.1, 0.15) is 36.0 Å². The van der Waals surface area contributed by atoms with Gasteiger partial charge in [0.2, 0.25) is 17.7 Å². The lowest BCUT2D eigenvalue weighted by Crippen LogP contribution is -2.53. The van der Waals surface area contributed by atoms with E-state index in [0.717, 1.165) is 38.0 Å². The highest BCUT2D eigenvalue weighted by molar-refractivity contribution is 5.98. The monoisotopic (exact) mass is 441 g/mol. The zero-order valence-electron chi connectivity index (χ0n) is 18.4.